The van der Waals surface area contributed by atoms with Gasteiger partial charge in [-0.25, -0.2) is 9.48 Å². The highest BCUT2D eigenvalue weighted by molar-refractivity contribution is 4.82. The standard InChI is InChI=1S/C8H11N3O/c1-3-4-5-6-11-8(12)10(2)7-9-11/h1,7H,4-6H2,2H3. The fourth-order valence-corrected chi connectivity index (χ4v) is 0.905. The van der Waals surface area contributed by atoms with Gasteiger partial charge in [0, 0.05) is 20.0 Å². The highest BCUT2D eigenvalue weighted by Gasteiger charge is 1.98. The SMILES string of the molecule is C#CCCCn1ncn(C)c1=O. The molecule has 4 heteroatoms. The van der Waals surface area contributed by atoms with Gasteiger partial charge in [0.15, 0.2) is 0 Å². The van der Waals surface area contributed by atoms with Crippen LogP contribution in [0.4, 0.5) is 0 Å². The number of hydrogen-bond donors (Lipinski definition) is 0. The number of aryl methyl sites for hydroxylation is 2. The Kier molecular flexibility index (Phi) is 2.70. The lowest BCUT2D eigenvalue weighted by Gasteiger charge is -1.94. The first-order chi connectivity index (χ1) is 5.75. The minimum Gasteiger partial charge on any atom is -0.285 e. The van der Waals surface area contributed by atoms with Gasteiger partial charge in [0.2, 0.25) is 0 Å². The van der Waals surface area contributed by atoms with E-state index >= 15 is 0 Å². The number of nitrogens with zero attached hydrogens (tertiary/aromatic N) is 3. The van der Waals surface area contributed by atoms with Crippen molar-refractivity contribution in [2.24, 2.45) is 7.05 Å². The van der Waals surface area contributed by atoms with E-state index in [0.29, 0.717) is 13.0 Å². The number of terminal acetylenes is 1. The summed E-state index contributed by atoms with van der Waals surface area (Å²) in [5.41, 5.74) is -0.0907. The van der Waals surface area contributed by atoms with Crippen molar-refractivity contribution in [3.63, 3.8) is 0 Å². The number of unbranched alkanes of at least 4 members (excludes halogenated alkanes) is 1. The van der Waals surface area contributed by atoms with Crippen molar-refractivity contribution in [1.82, 2.24) is 14.3 Å². The van der Waals surface area contributed by atoms with Crippen LogP contribution in [0.1, 0.15) is 12.8 Å². The normalized spacial score (nSPS) is 9.67. The molecule has 64 valence electrons. The highest BCUT2D eigenvalue weighted by Crippen LogP contribution is 1.88. The molecule has 0 aliphatic rings. The Morgan fingerprint density at radius 2 is 2.50 bits per heavy atom. The Labute approximate surface area is 70.8 Å². The van der Waals surface area contributed by atoms with Crippen molar-refractivity contribution in [3.05, 3.63) is 16.8 Å². The maximum atomic E-state index is 11.2. The molecule has 0 saturated heterocycles. The third-order valence-electron chi connectivity index (χ3n) is 1.58. The van der Waals surface area contributed by atoms with Crippen LogP contribution in [0.3, 0.4) is 0 Å². The molecule has 0 atom stereocenters. The molecule has 0 aliphatic heterocycles. The molecule has 0 bridgehead atoms. The molecule has 0 amide bonds. The Morgan fingerprint density at radius 1 is 1.75 bits per heavy atom. The van der Waals surface area contributed by atoms with Gasteiger partial charge in [-0.15, -0.1) is 12.3 Å². The Bertz CT molecular complexity index is 342. The molecule has 0 spiro atoms. The maximum absolute atomic E-state index is 11.2. The minimum absolute atomic E-state index is 0.0907. The van der Waals surface area contributed by atoms with Gasteiger partial charge < -0.3 is 0 Å². The molecular weight excluding hydrogens is 154 g/mol. The van der Waals surface area contributed by atoms with Crippen LogP contribution in [0.5, 0.6) is 0 Å². The molecule has 0 unspecified atom stereocenters. The molecule has 0 radical (unpaired) electrons. The van der Waals surface area contributed by atoms with E-state index in [1.165, 1.54) is 15.6 Å². The van der Waals surface area contributed by atoms with Crippen molar-refractivity contribution in [1.29, 1.82) is 0 Å². The van der Waals surface area contributed by atoms with E-state index in [1.54, 1.807) is 7.05 Å². The van der Waals surface area contributed by atoms with Crippen LogP contribution in [-0.2, 0) is 13.6 Å². The molecule has 0 aromatic carbocycles. The number of aromatic nitrogens is 3. The summed E-state index contributed by atoms with van der Waals surface area (Å²) in [6, 6.07) is 0. The summed E-state index contributed by atoms with van der Waals surface area (Å²) in [5.74, 6) is 2.51. The Morgan fingerprint density at radius 3 is 3.00 bits per heavy atom. The van der Waals surface area contributed by atoms with E-state index < -0.39 is 0 Å². The predicted octanol–water partition coefficient (Wildman–Crippen LogP) is -0.00480. The van der Waals surface area contributed by atoms with Crippen LogP contribution in [0, 0.1) is 12.3 Å². The lowest BCUT2D eigenvalue weighted by molar-refractivity contribution is 0.561. The first kappa shape index (κ1) is 8.60. The van der Waals surface area contributed by atoms with Crippen molar-refractivity contribution in [2.45, 2.75) is 19.4 Å². The summed E-state index contributed by atoms with van der Waals surface area (Å²) >= 11 is 0. The summed E-state index contributed by atoms with van der Waals surface area (Å²) in [6.07, 6.45) is 8.05. The van der Waals surface area contributed by atoms with Crippen LogP contribution in [0.15, 0.2) is 11.1 Å². The van der Waals surface area contributed by atoms with E-state index in [9.17, 15) is 4.79 Å². The molecule has 0 aliphatic carbocycles. The monoisotopic (exact) mass is 165 g/mol. The van der Waals surface area contributed by atoms with E-state index in [2.05, 4.69) is 11.0 Å². The number of rotatable bonds is 3. The van der Waals surface area contributed by atoms with Crippen LogP contribution < -0.4 is 5.69 Å². The average molecular weight is 165 g/mol. The average Bonchev–Trinajstić information content (AvgIpc) is 2.36. The van der Waals surface area contributed by atoms with Gasteiger partial charge in [-0.2, -0.15) is 5.10 Å². The maximum Gasteiger partial charge on any atom is 0.345 e. The van der Waals surface area contributed by atoms with Crippen LogP contribution in [-0.4, -0.2) is 14.3 Å². The summed E-state index contributed by atoms with van der Waals surface area (Å²) < 4.78 is 2.85. The van der Waals surface area contributed by atoms with Gasteiger partial charge in [-0.3, -0.25) is 4.57 Å². The zero-order chi connectivity index (χ0) is 8.97. The van der Waals surface area contributed by atoms with Gasteiger partial charge in [0.05, 0.1) is 0 Å². The zero-order valence-electron chi connectivity index (χ0n) is 7.03. The Hall–Kier alpha value is -1.50. The zero-order valence-corrected chi connectivity index (χ0v) is 7.03. The summed E-state index contributed by atoms with van der Waals surface area (Å²) in [7, 11) is 1.67. The molecule has 0 saturated carbocycles. The van der Waals surface area contributed by atoms with Crippen molar-refractivity contribution in [2.75, 3.05) is 0 Å². The molecule has 4 nitrogen and oxygen atoms in total. The lowest BCUT2D eigenvalue weighted by Crippen LogP contribution is -2.22. The molecule has 0 N–H and O–H groups in total. The topological polar surface area (TPSA) is 39.8 Å². The summed E-state index contributed by atoms with van der Waals surface area (Å²) in [4.78, 5) is 11.2. The Balaban J connectivity index is 2.59. The smallest absolute Gasteiger partial charge is 0.285 e. The molecular formula is C8H11N3O. The first-order valence-corrected chi connectivity index (χ1v) is 3.77. The second-order valence-corrected chi connectivity index (χ2v) is 2.56. The second-order valence-electron chi connectivity index (χ2n) is 2.56. The van der Waals surface area contributed by atoms with Crippen molar-refractivity contribution in [3.8, 4) is 12.3 Å². The number of hydrogen-bond acceptors (Lipinski definition) is 2. The first-order valence-electron chi connectivity index (χ1n) is 3.77. The van der Waals surface area contributed by atoms with Gasteiger partial charge in [-0.05, 0) is 6.42 Å². The predicted molar refractivity (Wildman–Crippen MR) is 45.5 cm³/mol. The van der Waals surface area contributed by atoms with Crippen LogP contribution in [0.2, 0.25) is 0 Å². The van der Waals surface area contributed by atoms with Crippen molar-refractivity contribution < 1.29 is 0 Å². The van der Waals surface area contributed by atoms with Gasteiger partial charge in [0.25, 0.3) is 0 Å². The lowest BCUT2D eigenvalue weighted by atomic mass is 10.3. The fourth-order valence-electron chi connectivity index (χ4n) is 0.905. The molecule has 0 fully saturated rings. The molecule has 1 aromatic heterocycles. The minimum atomic E-state index is -0.0907. The third-order valence-corrected chi connectivity index (χ3v) is 1.58. The largest absolute Gasteiger partial charge is 0.345 e. The molecule has 1 heterocycles. The summed E-state index contributed by atoms with van der Waals surface area (Å²) in [5, 5.41) is 3.89. The van der Waals surface area contributed by atoms with Gasteiger partial charge in [0.1, 0.15) is 6.33 Å². The van der Waals surface area contributed by atoms with Crippen LogP contribution >= 0.6 is 0 Å². The van der Waals surface area contributed by atoms with E-state index in [-0.39, 0.29) is 5.69 Å². The molecule has 12 heavy (non-hydrogen) atoms. The fraction of sp³-hybridized carbons (Fsp3) is 0.500. The summed E-state index contributed by atoms with van der Waals surface area (Å²) in [6.45, 7) is 0.601. The second kappa shape index (κ2) is 3.77. The third kappa shape index (κ3) is 1.76. The molecule has 1 rings (SSSR count). The highest BCUT2D eigenvalue weighted by atomic mass is 16.2. The van der Waals surface area contributed by atoms with Crippen molar-refractivity contribution >= 4 is 0 Å². The van der Waals surface area contributed by atoms with Gasteiger partial charge >= 0.3 is 5.69 Å². The molecule has 1 aromatic rings. The van der Waals surface area contributed by atoms with Crippen LogP contribution in [0.25, 0.3) is 0 Å². The van der Waals surface area contributed by atoms with E-state index in [0.717, 1.165) is 6.42 Å². The quantitative estimate of drug-likeness (QED) is 0.467. The van der Waals surface area contributed by atoms with Gasteiger partial charge in [-0.1, -0.05) is 0 Å². The van der Waals surface area contributed by atoms with E-state index in [1.807, 2.05) is 0 Å². The van der Waals surface area contributed by atoms with E-state index in [4.69, 9.17) is 6.42 Å².